The summed E-state index contributed by atoms with van der Waals surface area (Å²) in [4.78, 5) is 34.7. The quantitative estimate of drug-likeness (QED) is 0.344. The van der Waals surface area contributed by atoms with E-state index >= 15 is 0 Å². The Kier molecular flexibility index (Phi) is 5.84. The summed E-state index contributed by atoms with van der Waals surface area (Å²) in [6, 6.07) is 10.2. The molecule has 1 aliphatic rings. The van der Waals surface area contributed by atoms with Crippen LogP contribution in [0.15, 0.2) is 45.6 Å². The molecule has 1 unspecified atom stereocenters. The highest BCUT2D eigenvalue weighted by atomic mass is 32.1. The Hall–Kier alpha value is -3.65. The molecule has 3 heterocycles. The van der Waals surface area contributed by atoms with Gasteiger partial charge in [0.05, 0.1) is 36.4 Å². The highest BCUT2D eigenvalue weighted by molar-refractivity contribution is 7.15. The molecule has 0 spiro atoms. The van der Waals surface area contributed by atoms with Crippen LogP contribution in [0.5, 0.6) is 11.5 Å². The molecule has 35 heavy (non-hydrogen) atoms. The summed E-state index contributed by atoms with van der Waals surface area (Å²) in [5.41, 5.74) is 2.97. The van der Waals surface area contributed by atoms with E-state index in [1.54, 1.807) is 24.1 Å². The largest absolute Gasteiger partial charge is 0.493 e. The first kappa shape index (κ1) is 23.1. The molecular formula is C27H26N2O5S. The predicted octanol–water partition coefficient (Wildman–Crippen LogP) is 5.72. The first-order valence-electron chi connectivity index (χ1n) is 11.5. The number of benzene rings is 2. The zero-order chi connectivity index (χ0) is 24.9. The lowest BCUT2D eigenvalue weighted by atomic mass is 9.98. The van der Waals surface area contributed by atoms with Crippen molar-refractivity contribution in [1.29, 1.82) is 0 Å². The predicted molar refractivity (Wildman–Crippen MR) is 136 cm³/mol. The van der Waals surface area contributed by atoms with E-state index in [4.69, 9.17) is 13.9 Å². The van der Waals surface area contributed by atoms with Crippen LogP contribution < -0.4 is 19.8 Å². The molecular weight excluding hydrogens is 464 g/mol. The van der Waals surface area contributed by atoms with Crippen molar-refractivity contribution in [1.82, 2.24) is 4.98 Å². The average Bonchev–Trinajstić information content (AvgIpc) is 3.33. The van der Waals surface area contributed by atoms with Crippen LogP contribution in [-0.4, -0.2) is 24.6 Å². The number of hydrogen-bond acceptors (Lipinski definition) is 7. The van der Waals surface area contributed by atoms with E-state index in [2.05, 4.69) is 4.98 Å². The van der Waals surface area contributed by atoms with Crippen LogP contribution in [0.3, 0.4) is 0 Å². The number of carbonyl (C=O) groups is 1. The molecule has 7 nitrogen and oxygen atoms in total. The molecule has 2 aromatic heterocycles. The van der Waals surface area contributed by atoms with Gasteiger partial charge in [0.15, 0.2) is 22.1 Å². The van der Waals surface area contributed by atoms with E-state index in [9.17, 15) is 9.59 Å². The van der Waals surface area contributed by atoms with Gasteiger partial charge in [0.1, 0.15) is 5.58 Å². The standard InChI is InChI=1S/C27H26N2O5S/c1-6-11-33-20-10-8-17(13-21(20)32-5)23-22-24(30)18-12-14(2)7-9-19(18)34-25(22)26(31)29(23)27-28-15(3)16(4)35-27/h7-10,12-13,23H,6,11H2,1-5H3. The molecule has 0 saturated carbocycles. The van der Waals surface area contributed by atoms with E-state index in [1.807, 2.05) is 52.0 Å². The number of hydrogen-bond donors (Lipinski definition) is 0. The molecule has 5 rings (SSSR count). The lowest BCUT2D eigenvalue weighted by Gasteiger charge is -2.23. The van der Waals surface area contributed by atoms with E-state index in [0.29, 0.717) is 45.3 Å². The number of thiazole rings is 1. The van der Waals surface area contributed by atoms with E-state index in [1.165, 1.54) is 11.3 Å². The van der Waals surface area contributed by atoms with Gasteiger partial charge in [-0.1, -0.05) is 24.6 Å². The van der Waals surface area contributed by atoms with Gasteiger partial charge in [0.25, 0.3) is 5.91 Å². The zero-order valence-electron chi connectivity index (χ0n) is 20.3. The third-order valence-corrected chi connectivity index (χ3v) is 7.29. The van der Waals surface area contributed by atoms with Gasteiger partial charge in [-0.25, -0.2) is 4.98 Å². The summed E-state index contributed by atoms with van der Waals surface area (Å²) in [6.07, 6.45) is 0.861. The molecule has 0 saturated heterocycles. The second-order valence-electron chi connectivity index (χ2n) is 8.65. The molecule has 0 aliphatic carbocycles. The Morgan fingerprint density at radius 1 is 1.09 bits per heavy atom. The summed E-state index contributed by atoms with van der Waals surface area (Å²) in [5.74, 6) is 0.802. The fraction of sp³-hybridized carbons (Fsp3) is 0.296. The molecule has 0 radical (unpaired) electrons. The van der Waals surface area contributed by atoms with Crippen LogP contribution in [0.1, 0.15) is 57.2 Å². The van der Waals surface area contributed by atoms with Crippen LogP contribution in [0.2, 0.25) is 0 Å². The molecule has 180 valence electrons. The van der Waals surface area contributed by atoms with Gasteiger partial charge in [0, 0.05) is 4.88 Å². The number of carbonyl (C=O) groups excluding carboxylic acids is 1. The molecule has 4 aromatic rings. The summed E-state index contributed by atoms with van der Waals surface area (Å²) in [7, 11) is 1.57. The number of nitrogens with zero attached hydrogens (tertiary/aromatic N) is 2. The molecule has 8 heteroatoms. The third-order valence-electron chi connectivity index (χ3n) is 6.21. The maximum absolute atomic E-state index is 13.8. The Morgan fingerprint density at radius 2 is 1.89 bits per heavy atom. The van der Waals surface area contributed by atoms with Gasteiger partial charge in [-0.05, 0) is 57.0 Å². The molecule has 1 atom stereocenters. The normalized spacial score (nSPS) is 15.1. The minimum absolute atomic E-state index is 0.0483. The fourth-order valence-corrected chi connectivity index (χ4v) is 5.28. The van der Waals surface area contributed by atoms with Crippen molar-refractivity contribution < 1.29 is 18.7 Å². The minimum Gasteiger partial charge on any atom is -0.493 e. The van der Waals surface area contributed by atoms with Crippen LogP contribution in [-0.2, 0) is 0 Å². The maximum atomic E-state index is 13.8. The van der Waals surface area contributed by atoms with Gasteiger partial charge < -0.3 is 13.9 Å². The monoisotopic (exact) mass is 490 g/mol. The van der Waals surface area contributed by atoms with Crippen molar-refractivity contribution in [3.8, 4) is 11.5 Å². The smallest absolute Gasteiger partial charge is 0.297 e. The number of ether oxygens (including phenoxy) is 2. The van der Waals surface area contributed by atoms with Crippen LogP contribution in [0, 0.1) is 20.8 Å². The lowest BCUT2D eigenvalue weighted by Crippen LogP contribution is -2.29. The first-order chi connectivity index (χ1) is 16.8. The highest BCUT2D eigenvalue weighted by Gasteiger charge is 2.45. The van der Waals surface area contributed by atoms with Crippen molar-refractivity contribution in [2.24, 2.45) is 0 Å². The van der Waals surface area contributed by atoms with Crippen molar-refractivity contribution in [2.75, 3.05) is 18.6 Å². The van der Waals surface area contributed by atoms with Crippen molar-refractivity contribution >= 4 is 33.3 Å². The maximum Gasteiger partial charge on any atom is 0.297 e. The zero-order valence-corrected chi connectivity index (χ0v) is 21.1. The summed E-state index contributed by atoms with van der Waals surface area (Å²) >= 11 is 1.42. The number of rotatable bonds is 6. The van der Waals surface area contributed by atoms with Crippen LogP contribution >= 0.6 is 11.3 Å². The number of amides is 1. The number of aryl methyl sites for hydroxylation is 3. The highest BCUT2D eigenvalue weighted by Crippen LogP contribution is 2.44. The molecule has 2 aromatic carbocycles. The van der Waals surface area contributed by atoms with Crippen LogP contribution in [0.25, 0.3) is 11.0 Å². The van der Waals surface area contributed by atoms with Crippen molar-refractivity contribution in [3.63, 3.8) is 0 Å². The van der Waals surface area contributed by atoms with Crippen molar-refractivity contribution in [2.45, 2.75) is 40.2 Å². The molecule has 0 fully saturated rings. The Labute approximate surface area is 206 Å². The van der Waals surface area contributed by atoms with E-state index in [-0.39, 0.29) is 17.1 Å². The van der Waals surface area contributed by atoms with Gasteiger partial charge in [-0.3, -0.25) is 14.5 Å². The summed E-state index contributed by atoms with van der Waals surface area (Å²) < 4.78 is 17.5. The van der Waals surface area contributed by atoms with Gasteiger partial charge in [-0.2, -0.15) is 0 Å². The molecule has 1 aliphatic heterocycles. The molecule has 1 amide bonds. The molecule has 0 bridgehead atoms. The SMILES string of the molecule is CCCOc1ccc(C2c3c(oc4ccc(C)cc4c3=O)C(=O)N2c2nc(C)c(C)s2)cc1OC. The first-order valence-corrected chi connectivity index (χ1v) is 12.3. The number of anilines is 1. The van der Waals surface area contributed by atoms with Crippen LogP contribution in [0.4, 0.5) is 5.13 Å². The Bertz CT molecular complexity index is 1500. The number of methoxy groups -OCH3 is 1. The third kappa shape index (κ3) is 3.78. The molecule has 0 N–H and O–H groups in total. The van der Waals surface area contributed by atoms with Gasteiger partial charge in [0.2, 0.25) is 5.76 Å². The fourth-order valence-electron chi connectivity index (χ4n) is 4.34. The van der Waals surface area contributed by atoms with Gasteiger partial charge >= 0.3 is 0 Å². The Morgan fingerprint density at radius 3 is 2.57 bits per heavy atom. The summed E-state index contributed by atoms with van der Waals surface area (Å²) in [5, 5.41) is 0.969. The Balaban J connectivity index is 1.76. The second kappa shape index (κ2) is 8.85. The van der Waals surface area contributed by atoms with Crippen molar-refractivity contribution in [3.05, 3.63) is 79.6 Å². The minimum atomic E-state index is -0.710. The second-order valence-corrected chi connectivity index (χ2v) is 9.83. The number of fused-ring (bicyclic) bond motifs is 2. The number of aromatic nitrogens is 1. The summed E-state index contributed by atoms with van der Waals surface area (Å²) in [6.45, 7) is 8.37. The van der Waals surface area contributed by atoms with E-state index < -0.39 is 6.04 Å². The van der Waals surface area contributed by atoms with Gasteiger partial charge in [-0.15, -0.1) is 11.3 Å². The topological polar surface area (TPSA) is 81.9 Å². The van der Waals surface area contributed by atoms with E-state index in [0.717, 1.165) is 22.6 Å². The average molecular weight is 491 g/mol. The lowest BCUT2D eigenvalue weighted by molar-refractivity contribution is 0.0971.